The first-order valence-corrected chi connectivity index (χ1v) is 9.62. The molecule has 5 rings (SSSR count). The minimum absolute atomic E-state index is 0.242. The van der Waals surface area contributed by atoms with Crippen molar-refractivity contribution in [2.75, 3.05) is 18.3 Å². The maximum absolute atomic E-state index is 13.5. The average Bonchev–Trinajstić information content (AvgIpc) is 3.39. The molecule has 0 saturated carbocycles. The Hall–Kier alpha value is -3.00. The van der Waals surface area contributed by atoms with Crippen molar-refractivity contribution in [1.29, 1.82) is 0 Å². The molecule has 2 aromatic heterocycles. The molecule has 0 spiro atoms. The van der Waals surface area contributed by atoms with Crippen LogP contribution in [0.25, 0.3) is 22.2 Å². The Morgan fingerprint density at radius 3 is 2.86 bits per heavy atom. The number of rotatable bonds is 4. The highest BCUT2D eigenvalue weighted by molar-refractivity contribution is 6.33. The first-order valence-electron chi connectivity index (χ1n) is 9.24. The van der Waals surface area contributed by atoms with E-state index in [-0.39, 0.29) is 5.82 Å². The zero-order chi connectivity index (χ0) is 19.8. The summed E-state index contributed by atoms with van der Waals surface area (Å²) in [7, 11) is 0. The smallest absolute Gasteiger partial charge is 0.144 e. The highest BCUT2D eigenvalue weighted by Crippen LogP contribution is 2.32. The zero-order valence-corrected chi connectivity index (χ0v) is 16.2. The molecule has 3 heterocycles. The number of hydrazine groups is 1. The molecule has 6 nitrogen and oxygen atoms in total. The number of nitrogens with zero attached hydrogens (tertiary/aromatic N) is 4. The van der Waals surface area contributed by atoms with E-state index in [0.29, 0.717) is 24.9 Å². The number of aromatic nitrogens is 3. The predicted octanol–water partition coefficient (Wildman–Crippen LogP) is 3.77. The van der Waals surface area contributed by atoms with E-state index in [1.165, 1.54) is 6.07 Å². The standard InChI is InChI=1S/C21H18ClFN6/c22-18-9-25-21(29-12-24-11-27-29)8-17(18)15-4-5-19-20(7-15)28(13-26-19)10-14-2-1-3-16(23)6-14/h1-9,13,24,27H,10-12H2. The van der Waals surface area contributed by atoms with Crippen LogP contribution in [0, 0.1) is 5.82 Å². The third-order valence-electron chi connectivity index (χ3n) is 4.96. The molecule has 4 aromatic rings. The molecule has 8 heteroatoms. The van der Waals surface area contributed by atoms with E-state index in [4.69, 9.17) is 11.6 Å². The van der Waals surface area contributed by atoms with Gasteiger partial charge in [-0.25, -0.2) is 19.8 Å². The highest BCUT2D eigenvalue weighted by atomic mass is 35.5. The number of fused-ring (bicyclic) bond motifs is 1. The molecule has 0 unspecified atom stereocenters. The lowest BCUT2D eigenvalue weighted by molar-refractivity contribution is 0.624. The Labute approximate surface area is 171 Å². The molecular formula is C21H18ClFN6. The van der Waals surface area contributed by atoms with E-state index in [1.807, 2.05) is 33.8 Å². The number of pyridine rings is 1. The molecule has 1 saturated heterocycles. The quantitative estimate of drug-likeness (QED) is 0.538. The lowest BCUT2D eigenvalue weighted by atomic mass is 10.1. The van der Waals surface area contributed by atoms with Gasteiger partial charge >= 0.3 is 0 Å². The van der Waals surface area contributed by atoms with Gasteiger partial charge in [0.1, 0.15) is 11.6 Å². The molecule has 0 amide bonds. The zero-order valence-electron chi connectivity index (χ0n) is 15.4. The molecule has 0 radical (unpaired) electrons. The lowest BCUT2D eigenvalue weighted by Gasteiger charge is -2.17. The molecule has 29 heavy (non-hydrogen) atoms. The molecule has 1 fully saturated rings. The van der Waals surface area contributed by atoms with Gasteiger partial charge in [-0.3, -0.25) is 10.3 Å². The molecule has 0 atom stereocenters. The van der Waals surface area contributed by atoms with Gasteiger partial charge in [-0.1, -0.05) is 29.8 Å². The highest BCUT2D eigenvalue weighted by Gasteiger charge is 2.15. The molecule has 1 aliphatic heterocycles. The monoisotopic (exact) mass is 408 g/mol. The normalized spacial score (nSPS) is 14.1. The van der Waals surface area contributed by atoms with Crippen molar-refractivity contribution < 1.29 is 4.39 Å². The van der Waals surface area contributed by atoms with Gasteiger partial charge in [0.25, 0.3) is 0 Å². The summed E-state index contributed by atoms with van der Waals surface area (Å²) in [6.07, 6.45) is 3.44. The van der Waals surface area contributed by atoms with Crippen LogP contribution in [0.1, 0.15) is 5.56 Å². The van der Waals surface area contributed by atoms with E-state index in [2.05, 4.69) is 26.8 Å². The summed E-state index contributed by atoms with van der Waals surface area (Å²) in [5.41, 5.74) is 7.79. The minimum atomic E-state index is -0.242. The third-order valence-corrected chi connectivity index (χ3v) is 5.26. The summed E-state index contributed by atoms with van der Waals surface area (Å²) in [4.78, 5) is 8.89. The Bertz CT molecular complexity index is 1180. The van der Waals surface area contributed by atoms with Gasteiger partial charge in [-0.2, -0.15) is 0 Å². The maximum atomic E-state index is 13.5. The van der Waals surface area contributed by atoms with E-state index >= 15 is 0 Å². The Balaban J connectivity index is 1.54. The van der Waals surface area contributed by atoms with Crippen molar-refractivity contribution in [1.82, 2.24) is 25.3 Å². The van der Waals surface area contributed by atoms with Gasteiger partial charge in [0.05, 0.1) is 35.7 Å². The summed E-state index contributed by atoms with van der Waals surface area (Å²) in [5.74, 6) is 0.552. The van der Waals surface area contributed by atoms with Gasteiger partial charge in [-0.05, 0) is 41.5 Å². The molecule has 0 bridgehead atoms. The van der Waals surface area contributed by atoms with Crippen LogP contribution in [-0.2, 0) is 6.54 Å². The van der Waals surface area contributed by atoms with Crippen LogP contribution < -0.4 is 15.8 Å². The summed E-state index contributed by atoms with van der Waals surface area (Å²) in [5, 5.41) is 5.72. The summed E-state index contributed by atoms with van der Waals surface area (Å²) < 4.78 is 15.6. The predicted molar refractivity (Wildman–Crippen MR) is 112 cm³/mol. The molecule has 146 valence electrons. The number of nitrogens with one attached hydrogen (secondary N) is 2. The summed E-state index contributed by atoms with van der Waals surface area (Å²) in [6, 6.07) is 14.6. The largest absolute Gasteiger partial charge is 0.326 e. The van der Waals surface area contributed by atoms with Gasteiger partial charge in [0.15, 0.2) is 0 Å². The summed E-state index contributed by atoms with van der Waals surface area (Å²) >= 11 is 6.47. The van der Waals surface area contributed by atoms with E-state index in [0.717, 1.165) is 33.5 Å². The van der Waals surface area contributed by atoms with Crippen LogP contribution in [0.5, 0.6) is 0 Å². The fourth-order valence-corrected chi connectivity index (χ4v) is 3.73. The minimum Gasteiger partial charge on any atom is -0.326 e. The fourth-order valence-electron chi connectivity index (χ4n) is 3.52. The van der Waals surface area contributed by atoms with Crippen molar-refractivity contribution >= 4 is 28.5 Å². The second-order valence-corrected chi connectivity index (χ2v) is 7.31. The van der Waals surface area contributed by atoms with Gasteiger partial charge in [-0.15, -0.1) is 0 Å². The van der Waals surface area contributed by atoms with Crippen LogP contribution in [0.2, 0.25) is 5.02 Å². The second kappa shape index (κ2) is 7.44. The summed E-state index contributed by atoms with van der Waals surface area (Å²) in [6.45, 7) is 1.91. The van der Waals surface area contributed by atoms with Crippen LogP contribution >= 0.6 is 11.6 Å². The van der Waals surface area contributed by atoms with Crippen LogP contribution in [-0.4, -0.2) is 27.9 Å². The average molecular weight is 409 g/mol. The molecule has 1 aliphatic rings. The fraction of sp³-hybridized carbons (Fsp3) is 0.143. The number of benzene rings is 2. The third kappa shape index (κ3) is 3.55. The number of halogens is 2. The van der Waals surface area contributed by atoms with Gasteiger partial charge < -0.3 is 4.57 Å². The van der Waals surface area contributed by atoms with E-state index in [9.17, 15) is 4.39 Å². The molecular weight excluding hydrogens is 391 g/mol. The van der Waals surface area contributed by atoms with E-state index in [1.54, 1.807) is 24.7 Å². The Morgan fingerprint density at radius 1 is 1.10 bits per heavy atom. The first-order chi connectivity index (χ1) is 14.2. The van der Waals surface area contributed by atoms with E-state index < -0.39 is 0 Å². The van der Waals surface area contributed by atoms with Crippen molar-refractivity contribution in [3.8, 4) is 11.1 Å². The number of hydrogen-bond acceptors (Lipinski definition) is 5. The van der Waals surface area contributed by atoms with Crippen molar-refractivity contribution in [3.63, 3.8) is 0 Å². The Kier molecular flexibility index (Phi) is 4.63. The van der Waals surface area contributed by atoms with Gasteiger partial charge in [0, 0.05) is 18.3 Å². The lowest BCUT2D eigenvalue weighted by Crippen LogP contribution is -2.31. The van der Waals surface area contributed by atoms with Gasteiger partial charge in [0.2, 0.25) is 0 Å². The molecule has 2 N–H and O–H groups in total. The maximum Gasteiger partial charge on any atom is 0.144 e. The number of imidazole rings is 1. The second-order valence-electron chi connectivity index (χ2n) is 6.90. The van der Waals surface area contributed by atoms with Crippen molar-refractivity contribution in [3.05, 3.63) is 77.5 Å². The molecule has 2 aromatic carbocycles. The van der Waals surface area contributed by atoms with Crippen LogP contribution in [0.15, 0.2) is 61.1 Å². The number of anilines is 1. The number of hydrogen-bond donors (Lipinski definition) is 2. The first kappa shape index (κ1) is 18.1. The topological polar surface area (TPSA) is 58.0 Å². The van der Waals surface area contributed by atoms with Crippen LogP contribution in [0.4, 0.5) is 10.2 Å². The van der Waals surface area contributed by atoms with Crippen molar-refractivity contribution in [2.45, 2.75) is 6.54 Å². The molecule has 0 aliphatic carbocycles. The van der Waals surface area contributed by atoms with Crippen molar-refractivity contribution in [2.24, 2.45) is 0 Å². The van der Waals surface area contributed by atoms with Crippen LogP contribution in [0.3, 0.4) is 0 Å². The Morgan fingerprint density at radius 2 is 2.03 bits per heavy atom. The SMILES string of the molecule is Fc1cccc(Cn2cnc3ccc(-c4cc(N5CNCN5)ncc4Cl)cc32)c1.